The van der Waals surface area contributed by atoms with Crippen molar-refractivity contribution in [2.45, 2.75) is 111 Å². The SMILES string of the molecule is [2H]C([2H])([2H])OC([2H])([2H])CN1CCC(N(C(=O)C([2H])([2H])n2c(SCc3cccc(F)c3F)cc(=O)c3ccccc32)C([2H])(C)c2ccc(-c3ccc(C(F)(F)F)cc3)cc2)CC1.[2H]c1c([2H])c(F)c(F)c(CSc2c([2H])c(=O)c3c([2H])c(C)c([2H])c([2H])c3n2C([2H])([2H])C(=O)N(C2CCN(CC([2H])([2H])OC([2H])([2H])[2H])CC2)C([2H])([2H])c2c([2H])c([2H])c(-c3c([2H])c([2H])c(C(F)(F)F)c([2H])c3[2H])c([2H])c2[2H])c1[2H]. The number of carbonyl (C=O) groups excluding carboxylic acids is 2. The van der Waals surface area contributed by atoms with Crippen molar-refractivity contribution in [3.63, 3.8) is 0 Å². The largest absolute Gasteiger partial charge is 0.416 e. The second-order valence-electron chi connectivity index (χ2n) is 23.7. The Kier molecular flexibility index (Phi) is 15.3. The first kappa shape index (κ1) is 46.2. The van der Waals surface area contributed by atoms with Crippen molar-refractivity contribution in [3.05, 3.63) is 270 Å². The Balaban J connectivity index is 0.000000272. The number of hydrogen-bond donors (Lipinski definition) is 0. The van der Waals surface area contributed by atoms with Crippen molar-refractivity contribution < 1.29 is 107 Å². The first-order chi connectivity index (χ1) is 63.5. The van der Waals surface area contributed by atoms with Crippen LogP contribution in [0.25, 0.3) is 44.1 Å². The van der Waals surface area contributed by atoms with E-state index in [2.05, 4.69) is 9.47 Å². The van der Waals surface area contributed by atoms with E-state index in [1.807, 2.05) is 0 Å². The van der Waals surface area contributed by atoms with Crippen molar-refractivity contribution in [1.82, 2.24) is 28.7 Å². The van der Waals surface area contributed by atoms with Crippen molar-refractivity contribution in [3.8, 4) is 22.3 Å². The maximum Gasteiger partial charge on any atom is 0.416 e. The minimum Gasteiger partial charge on any atom is -0.383 e. The number of pyridine rings is 2. The Hall–Kier alpha value is -9.04. The molecule has 4 heterocycles. The predicted octanol–water partition coefficient (Wildman–Crippen LogP) is 17.7. The highest BCUT2D eigenvalue weighted by Crippen LogP contribution is 2.37. The molecular formula is C82H80F10N6O6S2. The molecule has 2 saturated heterocycles. The van der Waals surface area contributed by atoms with Gasteiger partial charge in [-0.15, -0.1) is 23.5 Å². The van der Waals surface area contributed by atoms with E-state index in [9.17, 15) is 58.7 Å². The molecular weight excluding hydrogens is 1420 g/mol. The van der Waals surface area contributed by atoms with Crippen LogP contribution in [0.1, 0.15) is 121 Å². The predicted molar refractivity (Wildman–Crippen MR) is 395 cm³/mol. The van der Waals surface area contributed by atoms with Crippen LogP contribution in [0.3, 0.4) is 0 Å². The number of ether oxygens (including phenoxy) is 2. The van der Waals surface area contributed by atoms with Crippen molar-refractivity contribution >= 4 is 57.1 Å². The number of nitrogens with zero attached hydrogens (tertiary/aromatic N) is 6. The number of rotatable bonds is 24. The van der Waals surface area contributed by atoms with Gasteiger partial charge in [0.1, 0.15) is 13.0 Å². The molecule has 24 heteroatoms. The lowest BCUT2D eigenvalue weighted by Gasteiger charge is -2.42. The smallest absolute Gasteiger partial charge is 0.383 e. The summed E-state index contributed by atoms with van der Waals surface area (Å²) in [5, 5.41) is -2.09. The Bertz CT molecular complexity index is 6480. The molecule has 556 valence electrons. The molecule has 0 saturated carbocycles. The molecule has 0 spiro atoms. The van der Waals surface area contributed by atoms with Gasteiger partial charge in [-0.25, -0.2) is 17.6 Å². The molecule has 0 N–H and O–H groups in total. The van der Waals surface area contributed by atoms with E-state index in [4.69, 9.17) is 34.3 Å². The van der Waals surface area contributed by atoms with Gasteiger partial charge < -0.3 is 38.2 Å². The van der Waals surface area contributed by atoms with Gasteiger partial charge in [0, 0.05) is 117 Å². The number of likely N-dealkylation sites (tertiary alicyclic amines) is 2. The maximum atomic E-state index is 15.6. The monoisotopic (exact) mass is 1530 g/mol. The fourth-order valence-electron chi connectivity index (χ4n) is 11.5. The zero-order chi connectivity index (χ0) is 103. The van der Waals surface area contributed by atoms with Crippen LogP contribution < -0.4 is 10.9 Å². The number of piperidine rings is 2. The maximum absolute atomic E-state index is 15.6. The molecule has 0 radical (unpaired) electrons. The minimum atomic E-state index is -5.47. The van der Waals surface area contributed by atoms with E-state index in [0.717, 1.165) is 52.4 Å². The highest BCUT2D eigenvalue weighted by Gasteiger charge is 2.35. The number of fused-ring (bicyclic) bond motifs is 2. The number of methoxy groups -OCH3 is 2. The summed E-state index contributed by atoms with van der Waals surface area (Å²) < 4.78 is 423. The van der Waals surface area contributed by atoms with Crippen LogP contribution in [-0.2, 0) is 62.4 Å². The average molecular weight is 1530 g/mol. The van der Waals surface area contributed by atoms with E-state index in [0.29, 0.717) is 11.1 Å². The van der Waals surface area contributed by atoms with Gasteiger partial charge in [-0.05, 0) is 133 Å². The molecule has 0 aliphatic carbocycles. The zero-order valence-electron chi connectivity index (χ0n) is 87.6. The van der Waals surface area contributed by atoms with Crippen molar-refractivity contribution in [2.24, 2.45) is 0 Å². The molecule has 12 rings (SSSR count). The van der Waals surface area contributed by atoms with Crippen LogP contribution in [0.5, 0.6) is 0 Å². The van der Waals surface area contributed by atoms with Gasteiger partial charge in [0.2, 0.25) is 11.8 Å². The molecule has 0 bridgehead atoms. The van der Waals surface area contributed by atoms with E-state index in [1.165, 1.54) is 66.4 Å². The first-order valence-corrected chi connectivity index (χ1v) is 34.0. The standard InChI is InChI=1S/2C41H40F5N3O3S/c1-27(28-10-12-29(13-11-28)30-14-16-32(17-15-30)41(44,45)46)49(33-18-20-47(21-19-33)22-23-52-2)38(51)25-48-36-9-4-3-7-34(36)37(50)24-39(48)53-26-31-6-5-8-35(42)40(31)43;1-27-6-15-36-34(22-27)37(50)23-39(53-26-31-4-3-5-35(42)40(31)43)49(36)25-38(51)48(33-16-18-47(19-17-33)20-21-52-2)24-28-7-9-29(10-8-28)30-11-13-32(14-12-30)41(44,45)46/h3-17,24,27,33H,18-23,25-26H2,1-2H3;3-15,22-23,33H,16-21,24-26H2,1-2H3/i2D3,23D2,25D2,27D;2D3,3D,4D,5D,6D,7D,8D,9D,10D,11D,12D,13D,14D,15D,21D2,22D,23D,24D2,25D2. The van der Waals surface area contributed by atoms with Gasteiger partial charge >= 0.3 is 12.4 Å². The number of aromatic nitrogens is 2. The van der Waals surface area contributed by atoms with E-state index in [1.54, 1.807) is 23.1 Å². The van der Waals surface area contributed by atoms with Gasteiger partial charge in [-0.2, -0.15) is 26.3 Å². The van der Waals surface area contributed by atoms with Gasteiger partial charge in [-0.3, -0.25) is 19.2 Å². The normalized spacial score (nSPS) is 20.0. The van der Waals surface area contributed by atoms with Crippen LogP contribution in [0, 0.1) is 30.2 Å². The van der Waals surface area contributed by atoms with E-state index in [-0.39, 0.29) is 85.5 Å². The summed E-state index contributed by atoms with van der Waals surface area (Å²) in [6, 6.07) is -3.28. The van der Waals surface area contributed by atoms with Crippen molar-refractivity contribution in [2.75, 3.05) is 66.5 Å². The topological polar surface area (TPSA) is 110 Å². The number of thioether (sulfide) groups is 2. The van der Waals surface area contributed by atoms with Gasteiger partial charge in [0.25, 0.3) is 0 Å². The fraction of sp³-hybridized carbons (Fsp3) is 0.317. The molecule has 2 fully saturated rings. The Morgan fingerprint density at radius 2 is 1.15 bits per heavy atom. The number of hydrogen-bond acceptors (Lipinski definition) is 10. The molecule has 2 aromatic heterocycles. The van der Waals surface area contributed by atoms with Gasteiger partial charge in [0.05, 0.1) is 95.2 Å². The molecule has 2 amide bonds. The summed E-state index contributed by atoms with van der Waals surface area (Å²) in [5.41, 5.74) is -10.1. The molecule has 12 nitrogen and oxygen atoms in total. The first-order valence-electron chi connectivity index (χ1n) is 48.0. The summed E-state index contributed by atoms with van der Waals surface area (Å²) in [6.45, 7) is -15.8. The van der Waals surface area contributed by atoms with Gasteiger partial charge in [-0.1, -0.05) is 121 Å². The molecule has 2 aliphatic heterocycles. The fourth-order valence-corrected chi connectivity index (χ4v) is 13.4. The van der Waals surface area contributed by atoms with Crippen LogP contribution >= 0.6 is 23.5 Å². The van der Waals surface area contributed by atoms with Gasteiger partial charge in [0.15, 0.2) is 34.1 Å². The quantitative estimate of drug-likeness (QED) is 0.0428. The second kappa shape index (κ2) is 35.1. The molecule has 10 aromatic rings. The summed E-state index contributed by atoms with van der Waals surface area (Å²) in [7, 11) is -6.26. The number of alkyl halides is 6. The summed E-state index contributed by atoms with van der Waals surface area (Å²) in [4.78, 5) is 62.2. The third kappa shape index (κ3) is 19.2. The molecule has 8 aromatic carbocycles. The Morgan fingerprint density at radius 1 is 0.585 bits per heavy atom. The highest BCUT2D eigenvalue weighted by molar-refractivity contribution is 7.98. The lowest BCUT2D eigenvalue weighted by Crippen LogP contribution is -2.49. The summed E-state index contributed by atoms with van der Waals surface area (Å²) >= 11 is 0.823. The van der Waals surface area contributed by atoms with E-state index >= 15 is 14.0 Å². The van der Waals surface area contributed by atoms with Crippen LogP contribution in [0.2, 0.25) is 0 Å². The summed E-state index contributed by atoms with van der Waals surface area (Å²) in [5.74, 6) is -10.7. The number of amides is 2. The lowest BCUT2D eigenvalue weighted by atomic mass is 9.96. The number of halogens is 10. The highest BCUT2D eigenvalue weighted by atomic mass is 32.2. The molecule has 106 heavy (non-hydrogen) atoms. The molecule has 1 atom stereocenters. The zero-order valence-corrected chi connectivity index (χ0v) is 57.2. The Labute approximate surface area is 661 Å². The van der Waals surface area contributed by atoms with Crippen LogP contribution in [0.4, 0.5) is 43.9 Å². The minimum absolute atomic E-state index is 0.00870. The van der Waals surface area contributed by atoms with Crippen LogP contribution in [0.15, 0.2) is 207 Å². The average Bonchev–Trinajstić information content (AvgIpc) is 0.711. The molecule has 1 unspecified atom stereocenters. The third-order valence-electron chi connectivity index (χ3n) is 16.9. The third-order valence-corrected chi connectivity index (χ3v) is 19.0. The Morgan fingerprint density at radius 3 is 1.78 bits per heavy atom. The lowest BCUT2D eigenvalue weighted by molar-refractivity contribution is -0.138. The number of benzene rings is 8. The number of para-hydroxylation sites is 1. The number of carbonyl (C=O) groups is 2. The molecule has 2 aliphatic rings. The second-order valence-corrected chi connectivity index (χ2v) is 25.7. The summed E-state index contributed by atoms with van der Waals surface area (Å²) in [6.07, 6.45) is -11.0. The van der Waals surface area contributed by atoms with E-state index < -0.39 is 308 Å². The van der Waals surface area contributed by atoms with Crippen LogP contribution in [-0.4, -0.2) is 119 Å². The van der Waals surface area contributed by atoms with Crippen molar-refractivity contribution in [1.29, 1.82) is 0 Å².